The molecular formula is C19H28N2O4. The molecule has 6 nitrogen and oxygen atoms in total. The minimum atomic E-state index is -0.0613. The van der Waals surface area contributed by atoms with Gasteiger partial charge in [0, 0.05) is 32.8 Å². The van der Waals surface area contributed by atoms with Crippen molar-refractivity contribution in [3.63, 3.8) is 0 Å². The van der Waals surface area contributed by atoms with Gasteiger partial charge in [-0.25, -0.2) is 4.79 Å². The minimum Gasteiger partial charge on any atom is -0.497 e. The zero-order valence-electron chi connectivity index (χ0n) is 14.9. The summed E-state index contributed by atoms with van der Waals surface area (Å²) in [6, 6.07) is 7.77. The Bertz CT molecular complexity index is 554. The second kappa shape index (κ2) is 9.06. The fourth-order valence-electron chi connectivity index (χ4n) is 3.36. The van der Waals surface area contributed by atoms with Crippen molar-refractivity contribution in [2.75, 3.05) is 33.4 Å². The molecular weight excluding hydrogens is 320 g/mol. The fraction of sp³-hybridized carbons (Fsp3) is 0.632. The monoisotopic (exact) mass is 348 g/mol. The Balaban J connectivity index is 1.61. The first kappa shape index (κ1) is 18.0. The van der Waals surface area contributed by atoms with Crippen molar-refractivity contribution in [1.82, 2.24) is 10.2 Å². The van der Waals surface area contributed by atoms with Gasteiger partial charge in [-0.3, -0.25) is 0 Å². The number of methoxy groups -OCH3 is 1. The maximum Gasteiger partial charge on any atom is 0.317 e. The fourth-order valence-corrected chi connectivity index (χ4v) is 3.36. The zero-order valence-corrected chi connectivity index (χ0v) is 14.9. The number of rotatable bonds is 7. The van der Waals surface area contributed by atoms with Crippen molar-refractivity contribution in [3.05, 3.63) is 29.8 Å². The van der Waals surface area contributed by atoms with E-state index in [2.05, 4.69) is 5.32 Å². The molecule has 25 heavy (non-hydrogen) atoms. The predicted octanol–water partition coefficient (Wildman–Crippen LogP) is 2.56. The molecule has 0 spiro atoms. The van der Waals surface area contributed by atoms with Crippen LogP contribution in [0, 0.1) is 0 Å². The first-order chi connectivity index (χ1) is 12.2. The number of hydrogen-bond donors (Lipinski definition) is 1. The summed E-state index contributed by atoms with van der Waals surface area (Å²) in [5.74, 6) is 0.800. The molecule has 2 atom stereocenters. The van der Waals surface area contributed by atoms with E-state index in [1.807, 2.05) is 29.2 Å². The molecule has 3 rings (SSSR count). The standard InChI is InChI=1S/C19H28N2O4/c1-23-16-6-2-5-15(11-16)13-21(14-18-8-4-10-25-18)19(22)20-12-17-7-3-9-24-17/h2,5-6,11,17-18H,3-4,7-10,12-14H2,1H3,(H,20,22). The average Bonchev–Trinajstić information content (AvgIpc) is 3.33. The van der Waals surface area contributed by atoms with Gasteiger partial charge in [-0.1, -0.05) is 12.1 Å². The van der Waals surface area contributed by atoms with Gasteiger partial charge in [0.2, 0.25) is 0 Å². The highest BCUT2D eigenvalue weighted by atomic mass is 16.5. The lowest BCUT2D eigenvalue weighted by Crippen LogP contribution is -2.45. The molecule has 1 aromatic rings. The molecule has 1 N–H and O–H groups in total. The molecule has 2 heterocycles. The minimum absolute atomic E-state index is 0.0613. The van der Waals surface area contributed by atoms with Crippen molar-refractivity contribution < 1.29 is 19.0 Å². The van der Waals surface area contributed by atoms with E-state index < -0.39 is 0 Å². The third kappa shape index (κ3) is 5.34. The van der Waals surface area contributed by atoms with Crippen molar-refractivity contribution in [2.24, 2.45) is 0 Å². The van der Waals surface area contributed by atoms with Crippen LogP contribution < -0.4 is 10.1 Å². The van der Waals surface area contributed by atoms with E-state index in [0.29, 0.717) is 19.6 Å². The van der Waals surface area contributed by atoms with Crippen LogP contribution in [0.1, 0.15) is 31.2 Å². The van der Waals surface area contributed by atoms with E-state index in [9.17, 15) is 4.79 Å². The Hall–Kier alpha value is -1.79. The van der Waals surface area contributed by atoms with Crippen LogP contribution in [0.2, 0.25) is 0 Å². The van der Waals surface area contributed by atoms with Gasteiger partial charge >= 0.3 is 6.03 Å². The maximum absolute atomic E-state index is 12.7. The van der Waals surface area contributed by atoms with Gasteiger partial charge in [-0.15, -0.1) is 0 Å². The van der Waals surface area contributed by atoms with Crippen molar-refractivity contribution in [1.29, 1.82) is 0 Å². The number of amides is 2. The Kier molecular flexibility index (Phi) is 6.53. The number of ether oxygens (including phenoxy) is 3. The highest BCUT2D eigenvalue weighted by Gasteiger charge is 2.24. The van der Waals surface area contributed by atoms with Gasteiger partial charge in [-0.2, -0.15) is 0 Å². The van der Waals surface area contributed by atoms with Crippen molar-refractivity contribution >= 4 is 6.03 Å². The van der Waals surface area contributed by atoms with Gasteiger partial charge in [0.05, 0.1) is 19.3 Å². The summed E-state index contributed by atoms with van der Waals surface area (Å²) in [4.78, 5) is 14.6. The molecule has 2 fully saturated rings. The molecule has 2 aliphatic heterocycles. The molecule has 0 aliphatic carbocycles. The van der Waals surface area contributed by atoms with Gasteiger partial charge in [0.1, 0.15) is 5.75 Å². The van der Waals surface area contributed by atoms with Crippen LogP contribution in [0.4, 0.5) is 4.79 Å². The molecule has 2 amide bonds. The van der Waals surface area contributed by atoms with Crippen LogP contribution in [0.15, 0.2) is 24.3 Å². The Morgan fingerprint density at radius 1 is 1.24 bits per heavy atom. The lowest BCUT2D eigenvalue weighted by atomic mass is 10.1. The summed E-state index contributed by atoms with van der Waals surface area (Å²) in [6.45, 7) is 3.29. The van der Waals surface area contributed by atoms with Crippen LogP contribution >= 0.6 is 0 Å². The molecule has 6 heteroatoms. The molecule has 0 saturated carbocycles. The summed E-state index contributed by atoms with van der Waals surface area (Å²) < 4.78 is 16.6. The van der Waals surface area contributed by atoms with E-state index in [0.717, 1.165) is 50.2 Å². The second-order valence-electron chi connectivity index (χ2n) is 6.69. The highest BCUT2D eigenvalue weighted by molar-refractivity contribution is 5.74. The number of hydrogen-bond acceptors (Lipinski definition) is 4. The van der Waals surface area contributed by atoms with Crippen molar-refractivity contribution in [2.45, 2.75) is 44.4 Å². The Labute approximate surface area is 149 Å². The smallest absolute Gasteiger partial charge is 0.317 e. The van der Waals surface area contributed by atoms with Crippen LogP contribution in [-0.4, -0.2) is 56.6 Å². The third-order valence-electron chi connectivity index (χ3n) is 4.75. The number of urea groups is 1. The molecule has 2 saturated heterocycles. The molecule has 0 aromatic heterocycles. The van der Waals surface area contributed by atoms with E-state index in [-0.39, 0.29) is 18.2 Å². The summed E-state index contributed by atoms with van der Waals surface area (Å²) in [6.07, 6.45) is 4.43. The Morgan fingerprint density at radius 3 is 2.68 bits per heavy atom. The van der Waals surface area contributed by atoms with Crippen molar-refractivity contribution in [3.8, 4) is 5.75 Å². The largest absolute Gasteiger partial charge is 0.497 e. The third-order valence-corrected chi connectivity index (χ3v) is 4.75. The summed E-state index contributed by atoms with van der Waals surface area (Å²) in [5, 5.41) is 3.02. The maximum atomic E-state index is 12.7. The van der Waals surface area contributed by atoms with Gasteiger partial charge in [-0.05, 0) is 43.4 Å². The highest BCUT2D eigenvalue weighted by Crippen LogP contribution is 2.18. The number of carbonyl (C=O) groups is 1. The van der Waals surface area contributed by atoms with E-state index in [1.165, 1.54) is 0 Å². The molecule has 2 aliphatic rings. The summed E-state index contributed by atoms with van der Waals surface area (Å²) in [5.41, 5.74) is 1.05. The molecule has 0 bridgehead atoms. The topological polar surface area (TPSA) is 60.0 Å². The Morgan fingerprint density at radius 2 is 2.00 bits per heavy atom. The first-order valence-electron chi connectivity index (χ1n) is 9.13. The number of carbonyl (C=O) groups excluding carboxylic acids is 1. The van der Waals surface area contributed by atoms with E-state index in [4.69, 9.17) is 14.2 Å². The number of benzene rings is 1. The van der Waals surface area contributed by atoms with Crippen LogP contribution in [0.3, 0.4) is 0 Å². The first-order valence-corrected chi connectivity index (χ1v) is 9.13. The van der Waals surface area contributed by atoms with E-state index >= 15 is 0 Å². The van der Waals surface area contributed by atoms with Crippen LogP contribution in [0.5, 0.6) is 5.75 Å². The van der Waals surface area contributed by atoms with Gasteiger partial charge < -0.3 is 24.4 Å². The second-order valence-corrected chi connectivity index (χ2v) is 6.69. The SMILES string of the molecule is COc1cccc(CN(CC2CCCO2)C(=O)NCC2CCCO2)c1. The lowest BCUT2D eigenvalue weighted by molar-refractivity contribution is 0.0768. The molecule has 138 valence electrons. The van der Waals surface area contributed by atoms with Crippen LogP contribution in [-0.2, 0) is 16.0 Å². The lowest BCUT2D eigenvalue weighted by Gasteiger charge is -2.26. The normalized spacial score (nSPS) is 22.8. The predicted molar refractivity (Wildman–Crippen MR) is 94.8 cm³/mol. The molecule has 1 aromatic carbocycles. The van der Waals surface area contributed by atoms with Gasteiger partial charge in [0.25, 0.3) is 0 Å². The average molecular weight is 348 g/mol. The van der Waals surface area contributed by atoms with Crippen LogP contribution in [0.25, 0.3) is 0 Å². The van der Waals surface area contributed by atoms with Gasteiger partial charge in [0.15, 0.2) is 0 Å². The summed E-state index contributed by atoms with van der Waals surface area (Å²) >= 11 is 0. The molecule has 0 radical (unpaired) electrons. The number of nitrogens with zero attached hydrogens (tertiary/aromatic N) is 1. The summed E-state index contributed by atoms with van der Waals surface area (Å²) in [7, 11) is 1.65. The quantitative estimate of drug-likeness (QED) is 0.823. The number of nitrogens with one attached hydrogen (secondary N) is 1. The zero-order chi connectivity index (χ0) is 17.5. The van der Waals surface area contributed by atoms with E-state index in [1.54, 1.807) is 7.11 Å². The molecule has 2 unspecified atom stereocenters.